The van der Waals surface area contributed by atoms with Crippen LogP contribution in [0.4, 0.5) is 0 Å². The zero-order chi connectivity index (χ0) is 12.0. The van der Waals surface area contributed by atoms with Crippen LogP contribution in [0, 0.1) is 5.92 Å². The van der Waals surface area contributed by atoms with Crippen LogP contribution >= 0.6 is 0 Å². The van der Waals surface area contributed by atoms with E-state index in [-0.39, 0.29) is 0 Å². The molecule has 0 saturated heterocycles. The Morgan fingerprint density at radius 2 is 1.81 bits per heavy atom. The molecule has 2 nitrogen and oxygen atoms in total. The van der Waals surface area contributed by atoms with E-state index in [9.17, 15) is 0 Å². The summed E-state index contributed by atoms with van der Waals surface area (Å²) >= 11 is 0. The Bertz CT molecular complexity index is 172. The molecule has 0 aromatic heterocycles. The van der Waals surface area contributed by atoms with E-state index in [1.54, 1.807) is 0 Å². The van der Waals surface area contributed by atoms with Gasteiger partial charge in [0.15, 0.2) is 0 Å². The number of hydrogen-bond acceptors (Lipinski definition) is 2. The molecule has 1 saturated carbocycles. The zero-order valence-electron chi connectivity index (χ0n) is 11.6. The third-order valence-corrected chi connectivity index (χ3v) is 3.74. The second-order valence-electron chi connectivity index (χ2n) is 5.50. The number of nitrogens with zero attached hydrogens (tertiary/aromatic N) is 1. The second-order valence-corrected chi connectivity index (χ2v) is 5.50. The van der Waals surface area contributed by atoms with Gasteiger partial charge in [0.2, 0.25) is 0 Å². The predicted octanol–water partition coefficient (Wildman–Crippen LogP) is 2.89. The lowest BCUT2D eigenvalue weighted by molar-refractivity contribution is 0.209. The summed E-state index contributed by atoms with van der Waals surface area (Å²) in [7, 11) is 0. The van der Waals surface area contributed by atoms with Gasteiger partial charge in [-0.2, -0.15) is 0 Å². The standard InChI is InChI=1S/C14H30N2/c1-5-14(6-2)15-9-10-16(12(3)4)11-13-7-8-13/h12-15H,5-11H2,1-4H3. The first-order valence-corrected chi connectivity index (χ1v) is 7.14. The zero-order valence-corrected chi connectivity index (χ0v) is 11.6. The predicted molar refractivity (Wildman–Crippen MR) is 71.8 cm³/mol. The smallest absolute Gasteiger partial charge is 0.0110 e. The SMILES string of the molecule is CCC(CC)NCCN(CC1CC1)C(C)C. The molecular weight excluding hydrogens is 196 g/mol. The summed E-state index contributed by atoms with van der Waals surface area (Å²) in [6.07, 6.45) is 5.42. The van der Waals surface area contributed by atoms with E-state index in [0.717, 1.165) is 18.5 Å². The number of nitrogens with one attached hydrogen (secondary N) is 1. The first kappa shape index (κ1) is 14.0. The lowest BCUT2D eigenvalue weighted by Crippen LogP contribution is -2.40. The van der Waals surface area contributed by atoms with Gasteiger partial charge in [-0.3, -0.25) is 4.90 Å². The van der Waals surface area contributed by atoms with Gasteiger partial charge in [0.05, 0.1) is 0 Å². The quantitative estimate of drug-likeness (QED) is 0.650. The van der Waals surface area contributed by atoms with Crippen LogP contribution in [0.1, 0.15) is 53.4 Å². The summed E-state index contributed by atoms with van der Waals surface area (Å²) in [6, 6.07) is 1.42. The molecule has 0 heterocycles. The first-order chi connectivity index (χ1) is 7.67. The molecule has 0 bridgehead atoms. The Hall–Kier alpha value is -0.0800. The third-order valence-electron chi connectivity index (χ3n) is 3.74. The summed E-state index contributed by atoms with van der Waals surface area (Å²) in [5, 5.41) is 3.66. The Labute approximate surface area is 102 Å². The second kappa shape index (κ2) is 7.29. The Morgan fingerprint density at radius 3 is 2.25 bits per heavy atom. The van der Waals surface area contributed by atoms with Crippen LogP contribution in [-0.2, 0) is 0 Å². The third kappa shape index (κ3) is 5.31. The highest BCUT2D eigenvalue weighted by Gasteiger charge is 2.25. The van der Waals surface area contributed by atoms with Gasteiger partial charge in [-0.05, 0) is 45.4 Å². The van der Waals surface area contributed by atoms with Crippen LogP contribution < -0.4 is 5.32 Å². The van der Waals surface area contributed by atoms with Crippen LogP contribution in [0.15, 0.2) is 0 Å². The van der Waals surface area contributed by atoms with E-state index in [0.29, 0.717) is 6.04 Å². The highest BCUT2D eigenvalue weighted by Crippen LogP contribution is 2.30. The largest absolute Gasteiger partial charge is 0.313 e. The highest BCUT2D eigenvalue weighted by atomic mass is 15.2. The fourth-order valence-electron chi connectivity index (χ4n) is 2.18. The van der Waals surface area contributed by atoms with Crippen molar-refractivity contribution in [2.45, 2.75) is 65.5 Å². The van der Waals surface area contributed by atoms with Crippen LogP contribution in [0.2, 0.25) is 0 Å². The molecule has 0 aromatic rings. The normalized spacial score (nSPS) is 16.7. The maximum absolute atomic E-state index is 3.66. The fourth-order valence-corrected chi connectivity index (χ4v) is 2.18. The van der Waals surface area contributed by atoms with Crippen molar-refractivity contribution in [2.75, 3.05) is 19.6 Å². The van der Waals surface area contributed by atoms with E-state index < -0.39 is 0 Å². The minimum absolute atomic E-state index is 0.698. The van der Waals surface area contributed by atoms with Gasteiger partial charge in [-0.25, -0.2) is 0 Å². The van der Waals surface area contributed by atoms with Crippen molar-refractivity contribution < 1.29 is 0 Å². The Kier molecular flexibility index (Phi) is 6.37. The summed E-state index contributed by atoms with van der Waals surface area (Å²) < 4.78 is 0. The summed E-state index contributed by atoms with van der Waals surface area (Å²) in [4.78, 5) is 2.63. The fraction of sp³-hybridized carbons (Fsp3) is 1.00. The van der Waals surface area contributed by atoms with Crippen molar-refractivity contribution >= 4 is 0 Å². The molecule has 16 heavy (non-hydrogen) atoms. The molecule has 1 aliphatic rings. The molecule has 0 radical (unpaired) electrons. The Balaban J connectivity index is 2.15. The molecule has 0 aliphatic heterocycles. The van der Waals surface area contributed by atoms with Crippen molar-refractivity contribution in [3.63, 3.8) is 0 Å². The van der Waals surface area contributed by atoms with Crippen molar-refractivity contribution in [1.82, 2.24) is 10.2 Å². The lowest BCUT2D eigenvalue weighted by Gasteiger charge is -2.27. The highest BCUT2D eigenvalue weighted by molar-refractivity contribution is 4.79. The van der Waals surface area contributed by atoms with E-state index in [1.165, 1.54) is 38.8 Å². The molecule has 1 rings (SSSR count). The molecule has 0 atom stereocenters. The van der Waals surface area contributed by atoms with Gasteiger partial charge < -0.3 is 5.32 Å². The molecular formula is C14H30N2. The van der Waals surface area contributed by atoms with Crippen molar-refractivity contribution in [3.05, 3.63) is 0 Å². The number of rotatable bonds is 9. The van der Waals surface area contributed by atoms with Crippen molar-refractivity contribution in [2.24, 2.45) is 5.92 Å². The molecule has 96 valence electrons. The summed E-state index contributed by atoms with van der Waals surface area (Å²) in [5.41, 5.74) is 0. The van der Waals surface area contributed by atoms with Crippen LogP contribution in [0.5, 0.6) is 0 Å². The molecule has 2 heteroatoms. The maximum atomic E-state index is 3.66. The summed E-state index contributed by atoms with van der Waals surface area (Å²) in [6.45, 7) is 12.9. The van der Waals surface area contributed by atoms with Crippen molar-refractivity contribution in [3.8, 4) is 0 Å². The summed E-state index contributed by atoms with van der Waals surface area (Å²) in [5.74, 6) is 1.01. The molecule has 0 aromatic carbocycles. The van der Waals surface area contributed by atoms with Gasteiger partial charge in [0, 0.05) is 31.7 Å². The van der Waals surface area contributed by atoms with Crippen LogP contribution in [0.25, 0.3) is 0 Å². The van der Waals surface area contributed by atoms with Crippen LogP contribution in [0.3, 0.4) is 0 Å². The first-order valence-electron chi connectivity index (χ1n) is 7.14. The van der Waals surface area contributed by atoms with Gasteiger partial charge in [-0.1, -0.05) is 13.8 Å². The average Bonchev–Trinajstić information content (AvgIpc) is 3.06. The van der Waals surface area contributed by atoms with Gasteiger partial charge in [0.1, 0.15) is 0 Å². The van der Waals surface area contributed by atoms with E-state index in [4.69, 9.17) is 0 Å². The average molecular weight is 226 g/mol. The van der Waals surface area contributed by atoms with Gasteiger partial charge in [0.25, 0.3) is 0 Å². The molecule has 0 amide bonds. The van der Waals surface area contributed by atoms with Crippen LogP contribution in [-0.4, -0.2) is 36.6 Å². The minimum Gasteiger partial charge on any atom is -0.313 e. The molecule has 0 spiro atoms. The van der Waals surface area contributed by atoms with E-state index >= 15 is 0 Å². The maximum Gasteiger partial charge on any atom is 0.0110 e. The van der Waals surface area contributed by atoms with E-state index in [2.05, 4.69) is 37.9 Å². The van der Waals surface area contributed by atoms with Gasteiger partial charge >= 0.3 is 0 Å². The molecule has 0 unspecified atom stereocenters. The molecule has 1 fully saturated rings. The topological polar surface area (TPSA) is 15.3 Å². The molecule has 1 N–H and O–H groups in total. The number of hydrogen-bond donors (Lipinski definition) is 1. The Morgan fingerprint density at radius 1 is 1.19 bits per heavy atom. The van der Waals surface area contributed by atoms with Crippen molar-refractivity contribution in [1.29, 1.82) is 0 Å². The lowest BCUT2D eigenvalue weighted by atomic mass is 10.2. The minimum atomic E-state index is 0.698. The monoisotopic (exact) mass is 226 g/mol. The van der Waals surface area contributed by atoms with E-state index in [1.807, 2.05) is 0 Å². The van der Waals surface area contributed by atoms with Gasteiger partial charge in [-0.15, -0.1) is 0 Å². The molecule has 1 aliphatic carbocycles.